The first-order chi connectivity index (χ1) is 8.40. The Kier molecular flexibility index (Phi) is 6.13. The summed E-state index contributed by atoms with van der Waals surface area (Å²) in [6.45, 7) is 12.2. The Morgan fingerprint density at radius 2 is 1.72 bits per heavy atom. The van der Waals surface area contributed by atoms with Gasteiger partial charge in [0.15, 0.2) is 0 Å². The Bertz CT molecular complexity index is 226. The molecule has 1 N–H and O–H groups in total. The van der Waals surface area contributed by atoms with Crippen molar-refractivity contribution in [1.29, 1.82) is 0 Å². The summed E-state index contributed by atoms with van der Waals surface area (Å²) in [4.78, 5) is 0. The molecule has 2 heteroatoms. The molecule has 0 saturated heterocycles. The zero-order valence-corrected chi connectivity index (χ0v) is 13.3. The van der Waals surface area contributed by atoms with Crippen molar-refractivity contribution in [2.45, 2.75) is 72.4 Å². The van der Waals surface area contributed by atoms with Crippen molar-refractivity contribution in [3.8, 4) is 0 Å². The molecule has 0 bridgehead atoms. The normalized spacial score (nSPS) is 29.0. The van der Waals surface area contributed by atoms with E-state index in [-0.39, 0.29) is 5.41 Å². The fourth-order valence-corrected chi connectivity index (χ4v) is 3.35. The molecule has 2 atom stereocenters. The third-order valence-corrected chi connectivity index (χ3v) is 4.43. The first kappa shape index (κ1) is 16.0. The first-order valence-corrected chi connectivity index (χ1v) is 7.69. The number of hydrogen-bond acceptors (Lipinski definition) is 2. The van der Waals surface area contributed by atoms with Gasteiger partial charge in [-0.15, -0.1) is 0 Å². The molecule has 0 aromatic heterocycles. The largest absolute Gasteiger partial charge is 0.376 e. The summed E-state index contributed by atoms with van der Waals surface area (Å²) >= 11 is 0. The lowest BCUT2D eigenvalue weighted by Crippen LogP contribution is -2.51. The lowest BCUT2D eigenvalue weighted by molar-refractivity contribution is -0.0520. The van der Waals surface area contributed by atoms with Gasteiger partial charge in [0.05, 0.1) is 6.10 Å². The van der Waals surface area contributed by atoms with Crippen LogP contribution < -0.4 is 5.32 Å². The van der Waals surface area contributed by atoms with E-state index in [1.807, 2.05) is 0 Å². The Balaban J connectivity index is 2.72. The van der Waals surface area contributed by atoms with Gasteiger partial charge in [0, 0.05) is 12.6 Å². The van der Waals surface area contributed by atoms with E-state index in [0.717, 1.165) is 18.4 Å². The van der Waals surface area contributed by atoms with Crippen LogP contribution in [0.3, 0.4) is 0 Å². The molecule has 0 amide bonds. The molecular weight excluding hydrogens is 222 g/mol. The van der Waals surface area contributed by atoms with Crippen LogP contribution in [0.4, 0.5) is 0 Å². The summed E-state index contributed by atoms with van der Waals surface area (Å²) in [6.07, 6.45) is 5.78. The lowest BCUT2D eigenvalue weighted by Gasteiger charge is -2.42. The molecule has 1 saturated carbocycles. The minimum Gasteiger partial charge on any atom is -0.376 e. The Hall–Kier alpha value is -0.0800. The van der Waals surface area contributed by atoms with Crippen LogP contribution in [0.1, 0.15) is 60.3 Å². The summed E-state index contributed by atoms with van der Waals surface area (Å²) < 4.78 is 6.08. The maximum Gasteiger partial charge on any atom is 0.0778 e. The standard InChI is InChI=1S/C16H33NO/c1-7-18-15(16(3,4)5)14(17-6)13-10-8-12(2)9-11-13/h12-15,17H,7-11H2,1-6H3. The van der Waals surface area contributed by atoms with E-state index in [1.54, 1.807) is 0 Å². The van der Waals surface area contributed by atoms with Crippen LogP contribution in [0.15, 0.2) is 0 Å². The maximum absolute atomic E-state index is 6.08. The minimum absolute atomic E-state index is 0.201. The second-order valence-corrected chi connectivity index (χ2v) is 7.08. The molecule has 0 heterocycles. The summed E-state index contributed by atoms with van der Waals surface area (Å²) in [7, 11) is 2.10. The van der Waals surface area contributed by atoms with Crippen LogP contribution in [-0.2, 0) is 4.74 Å². The second-order valence-electron chi connectivity index (χ2n) is 7.08. The fourth-order valence-electron chi connectivity index (χ4n) is 3.35. The monoisotopic (exact) mass is 255 g/mol. The van der Waals surface area contributed by atoms with Crippen LogP contribution in [0.2, 0.25) is 0 Å². The van der Waals surface area contributed by atoms with Gasteiger partial charge in [0.25, 0.3) is 0 Å². The van der Waals surface area contributed by atoms with E-state index >= 15 is 0 Å². The molecule has 2 unspecified atom stereocenters. The highest BCUT2D eigenvalue weighted by molar-refractivity contribution is 4.91. The molecule has 0 aliphatic heterocycles. The molecule has 0 spiro atoms. The summed E-state index contributed by atoms with van der Waals surface area (Å²) in [5.74, 6) is 1.70. The number of nitrogens with one attached hydrogen (secondary N) is 1. The van der Waals surface area contributed by atoms with Crippen molar-refractivity contribution in [2.75, 3.05) is 13.7 Å². The van der Waals surface area contributed by atoms with Crippen LogP contribution in [-0.4, -0.2) is 25.8 Å². The zero-order chi connectivity index (χ0) is 13.8. The quantitative estimate of drug-likeness (QED) is 0.805. The average Bonchev–Trinajstić information content (AvgIpc) is 2.30. The zero-order valence-electron chi connectivity index (χ0n) is 13.3. The van der Waals surface area contributed by atoms with E-state index < -0.39 is 0 Å². The molecule has 108 valence electrons. The molecule has 0 aromatic rings. The van der Waals surface area contributed by atoms with E-state index in [2.05, 4.69) is 47.0 Å². The smallest absolute Gasteiger partial charge is 0.0778 e. The first-order valence-electron chi connectivity index (χ1n) is 7.69. The van der Waals surface area contributed by atoms with Gasteiger partial charge in [-0.05, 0) is 44.1 Å². The second kappa shape index (κ2) is 6.91. The molecule has 0 aromatic carbocycles. The molecule has 1 rings (SSSR count). The van der Waals surface area contributed by atoms with Gasteiger partial charge in [-0.25, -0.2) is 0 Å². The van der Waals surface area contributed by atoms with Gasteiger partial charge in [0.2, 0.25) is 0 Å². The van der Waals surface area contributed by atoms with Gasteiger partial charge in [-0.3, -0.25) is 0 Å². The molecule has 1 aliphatic carbocycles. The average molecular weight is 255 g/mol. The van der Waals surface area contributed by atoms with Crippen molar-refractivity contribution < 1.29 is 4.74 Å². The lowest BCUT2D eigenvalue weighted by atomic mass is 9.73. The summed E-state index contributed by atoms with van der Waals surface area (Å²) in [6, 6.07) is 0.498. The fraction of sp³-hybridized carbons (Fsp3) is 1.00. The molecule has 18 heavy (non-hydrogen) atoms. The predicted molar refractivity (Wildman–Crippen MR) is 78.8 cm³/mol. The highest BCUT2D eigenvalue weighted by Gasteiger charge is 2.37. The Morgan fingerprint density at radius 1 is 1.17 bits per heavy atom. The van der Waals surface area contributed by atoms with Crippen molar-refractivity contribution in [2.24, 2.45) is 17.3 Å². The van der Waals surface area contributed by atoms with Crippen LogP contribution in [0.5, 0.6) is 0 Å². The minimum atomic E-state index is 0.201. The predicted octanol–water partition coefficient (Wildman–Crippen LogP) is 3.85. The van der Waals surface area contributed by atoms with Crippen LogP contribution in [0, 0.1) is 17.3 Å². The van der Waals surface area contributed by atoms with Crippen molar-refractivity contribution in [3.63, 3.8) is 0 Å². The summed E-state index contributed by atoms with van der Waals surface area (Å²) in [5, 5.41) is 3.55. The van der Waals surface area contributed by atoms with Crippen molar-refractivity contribution in [3.05, 3.63) is 0 Å². The molecule has 1 fully saturated rings. The molecule has 1 aliphatic rings. The number of ether oxygens (including phenoxy) is 1. The van der Waals surface area contributed by atoms with E-state index in [0.29, 0.717) is 12.1 Å². The number of rotatable bonds is 5. The third-order valence-electron chi connectivity index (χ3n) is 4.43. The maximum atomic E-state index is 6.08. The van der Waals surface area contributed by atoms with Crippen LogP contribution in [0.25, 0.3) is 0 Å². The Morgan fingerprint density at radius 3 is 2.11 bits per heavy atom. The van der Waals surface area contributed by atoms with Crippen molar-refractivity contribution >= 4 is 0 Å². The highest BCUT2D eigenvalue weighted by Crippen LogP contribution is 2.36. The summed E-state index contributed by atoms with van der Waals surface area (Å²) in [5.41, 5.74) is 0.201. The van der Waals surface area contributed by atoms with Gasteiger partial charge in [-0.1, -0.05) is 40.5 Å². The molecular formula is C16H33NO. The molecule has 2 nitrogen and oxygen atoms in total. The van der Waals surface area contributed by atoms with Gasteiger partial charge >= 0.3 is 0 Å². The van der Waals surface area contributed by atoms with Gasteiger partial charge in [0.1, 0.15) is 0 Å². The van der Waals surface area contributed by atoms with Crippen molar-refractivity contribution in [1.82, 2.24) is 5.32 Å². The van der Waals surface area contributed by atoms with Gasteiger partial charge in [-0.2, -0.15) is 0 Å². The van der Waals surface area contributed by atoms with E-state index in [4.69, 9.17) is 4.74 Å². The van der Waals surface area contributed by atoms with Crippen LogP contribution >= 0.6 is 0 Å². The number of hydrogen-bond donors (Lipinski definition) is 1. The third kappa shape index (κ3) is 4.24. The van der Waals surface area contributed by atoms with E-state index in [9.17, 15) is 0 Å². The number of likely N-dealkylation sites (N-methyl/N-ethyl adjacent to an activating group) is 1. The van der Waals surface area contributed by atoms with E-state index in [1.165, 1.54) is 25.7 Å². The highest BCUT2D eigenvalue weighted by atomic mass is 16.5. The van der Waals surface area contributed by atoms with Gasteiger partial charge < -0.3 is 10.1 Å². The topological polar surface area (TPSA) is 21.3 Å². The SMILES string of the molecule is CCOC(C(NC)C1CCC(C)CC1)C(C)(C)C. The Labute approximate surface area is 114 Å². The molecule has 0 radical (unpaired) electrons.